The highest BCUT2D eigenvalue weighted by Crippen LogP contribution is 2.47. The minimum absolute atomic E-state index is 0.0863. The van der Waals surface area contributed by atoms with Crippen LogP contribution in [0.5, 0.6) is 5.75 Å². The van der Waals surface area contributed by atoms with E-state index in [1.165, 1.54) is 11.1 Å². The molecule has 6 rings (SSSR count). The molecule has 2 fully saturated rings. The zero-order chi connectivity index (χ0) is 33.2. The quantitative estimate of drug-likeness (QED) is 0.215. The van der Waals surface area contributed by atoms with Gasteiger partial charge in [-0.05, 0) is 123 Å². The highest BCUT2D eigenvalue weighted by atomic mass is 35.5. The highest BCUT2D eigenvalue weighted by molar-refractivity contribution is 7.90. The fourth-order valence-electron chi connectivity index (χ4n) is 8.01. The lowest BCUT2D eigenvalue weighted by Crippen LogP contribution is -2.49. The number of aryl methyl sites for hydroxylation is 1. The summed E-state index contributed by atoms with van der Waals surface area (Å²) in [6.07, 6.45) is 15.0. The molecule has 1 aliphatic heterocycles. The molecule has 2 saturated carbocycles. The largest absolute Gasteiger partial charge is 0.490 e. The lowest BCUT2D eigenvalue weighted by Gasteiger charge is -2.45. The van der Waals surface area contributed by atoms with Crippen molar-refractivity contribution in [3.63, 3.8) is 0 Å². The molecule has 0 bridgehead atoms. The van der Waals surface area contributed by atoms with Crippen LogP contribution in [-0.2, 0) is 21.9 Å². The summed E-state index contributed by atoms with van der Waals surface area (Å²) in [4.78, 5) is 15.9. The average Bonchev–Trinajstić information content (AvgIpc) is 3.87. The van der Waals surface area contributed by atoms with Gasteiger partial charge in [0.1, 0.15) is 5.75 Å². The van der Waals surface area contributed by atoms with Crippen molar-refractivity contribution >= 4 is 33.2 Å². The molecule has 5 atom stereocenters. The van der Waals surface area contributed by atoms with Crippen LogP contribution >= 0.6 is 11.6 Å². The number of aliphatic hydroxyl groups excluding tert-OH is 1. The first-order valence-electron chi connectivity index (χ1n) is 17.5. The second-order valence-corrected chi connectivity index (χ2v) is 16.5. The molecule has 2 aromatic rings. The normalized spacial score (nSPS) is 25.2. The van der Waals surface area contributed by atoms with Crippen LogP contribution < -0.4 is 14.4 Å². The number of halogens is 1. The summed E-state index contributed by atoms with van der Waals surface area (Å²) in [5.74, 6) is 0.587. The number of nitrogens with one attached hydrogen (secondary N) is 1. The maximum Gasteiger partial charge on any atom is 0.264 e. The van der Waals surface area contributed by atoms with E-state index in [2.05, 4.69) is 41.3 Å². The number of nitrogens with zero attached hydrogens (tertiary/aromatic N) is 1. The molecule has 2 N–H and O–H groups in total. The van der Waals surface area contributed by atoms with Crippen LogP contribution in [0.3, 0.4) is 0 Å². The first-order valence-corrected chi connectivity index (χ1v) is 19.4. The third-order valence-electron chi connectivity index (χ3n) is 10.9. The summed E-state index contributed by atoms with van der Waals surface area (Å²) >= 11 is 6.43. The van der Waals surface area contributed by atoms with Gasteiger partial charge >= 0.3 is 0 Å². The first kappa shape index (κ1) is 34.1. The van der Waals surface area contributed by atoms with Crippen molar-refractivity contribution in [1.29, 1.82) is 0 Å². The van der Waals surface area contributed by atoms with E-state index in [1.807, 2.05) is 18.2 Å². The van der Waals surface area contributed by atoms with Crippen molar-refractivity contribution in [2.24, 2.45) is 17.8 Å². The van der Waals surface area contributed by atoms with E-state index in [1.54, 1.807) is 18.2 Å². The standard InChI is InChI=1S/C38H49ClN2O5S/c1-3-5-7-10-34(42)31-17-14-29(31)23-41-24-38(20-8-9-27-21-30(39)16-18-32(27)38)25-46-35-19-15-28(22-33(35)41)37(43)40-47(44,45)36(11-6-4-2)26-12-13-26/h4,7,10,15-16,18-19,21-22,26,29,31,34,36,42H,2-3,5-6,8-9,11-14,17,20,23-25H2,1H3,(H,40,43)/b10-7-/t29-,31+,34-,36-,38-/m0/s1. The Morgan fingerprint density at radius 1 is 1.19 bits per heavy atom. The summed E-state index contributed by atoms with van der Waals surface area (Å²) in [7, 11) is -3.86. The average molecular weight is 681 g/mol. The number of allylic oxidation sites excluding steroid dienone is 2. The van der Waals surface area contributed by atoms with Crippen molar-refractivity contribution in [1.82, 2.24) is 4.72 Å². The van der Waals surface area contributed by atoms with Crippen LogP contribution in [0.2, 0.25) is 5.02 Å². The highest BCUT2D eigenvalue weighted by Gasteiger charge is 2.45. The number of fused-ring (bicyclic) bond motifs is 3. The van der Waals surface area contributed by atoms with Gasteiger partial charge in [0.25, 0.3) is 5.91 Å². The van der Waals surface area contributed by atoms with E-state index in [9.17, 15) is 18.3 Å². The summed E-state index contributed by atoms with van der Waals surface area (Å²) in [6.45, 7) is 7.77. The van der Waals surface area contributed by atoms with Gasteiger partial charge in [0.2, 0.25) is 10.0 Å². The Morgan fingerprint density at radius 3 is 2.74 bits per heavy atom. The second-order valence-electron chi connectivity index (χ2n) is 14.2. The summed E-state index contributed by atoms with van der Waals surface area (Å²) in [5.41, 5.74) is 3.32. The van der Waals surface area contributed by atoms with Gasteiger partial charge in [-0.2, -0.15) is 0 Å². The number of unbranched alkanes of at least 4 members (excludes halogenated alkanes) is 1. The topological polar surface area (TPSA) is 95.9 Å². The molecular formula is C38H49ClN2O5S. The van der Waals surface area contributed by atoms with Crippen molar-refractivity contribution < 1.29 is 23.1 Å². The summed E-state index contributed by atoms with van der Waals surface area (Å²) < 4.78 is 35.8. The molecule has 1 heterocycles. The predicted octanol–water partition coefficient (Wildman–Crippen LogP) is 7.36. The van der Waals surface area contributed by atoms with Crippen LogP contribution in [0.4, 0.5) is 5.69 Å². The van der Waals surface area contributed by atoms with E-state index in [4.69, 9.17) is 16.3 Å². The molecule has 2 aromatic carbocycles. The number of hydrogen-bond donors (Lipinski definition) is 2. The fourth-order valence-corrected chi connectivity index (χ4v) is 9.96. The Balaban J connectivity index is 1.30. The number of rotatable bonds is 13. The van der Waals surface area contributed by atoms with E-state index < -0.39 is 27.3 Å². The number of anilines is 1. The van der Waals surface area contributed by atoms with Crippen LogP contribution in [0, 0.1) is 17.8 Å². The Labute approximate surface area is 285 Å². The lowest BCUT2D eigenvalue weighted by atomic mass is 9.68. The Morgan fingerprint density at radius 2 is 2.02 bits per heavy atom. The number of sulfonamides is 1. The third kappa shape index (κ3) is 7.45. The minimum atomic E-state index is -3.86. The number of carbonyl (C=O) groups is 1. The molecule has 0 saturated heterocycles. The SMILES string of the molecule is C=CCC[C@@H](C1CC1)S(=O)(=O)NC(=O)c1ccc2c(c1)N(C[C@@H]1CC[C@H]1[C@@H](O)/C=C\CCC)C[C@@]1(CCCc3cc(Cl)ccc31)CO2. The number of ether oxygens (including phenoxy) is 1. The molecule has 4 aliphatic rings. The number of carbonyl (C=O) groups excluding carboxylic acids is 1. The molecule has 0 aromatic heterocycles. The lowest BCUT2D eigenvalue weighted by molar-refractivity contribution is 0.0456. The van der Waals surface area contributed by atoms with Crippen molar-refractivity contribution in [2.75, 3.05) is 24.6 Å². The van der Waals surface area contributed by atoms with E-state index in [0.717, 1.165) is 68.5 Å². The van der Waals surface area contributed by atoms with Gasteiger partial charge in [-0.3, -0.25) is 4.79 Å². The third-order valence-corrected chi connectivity index (χ3v) is 13.0. The predicted molar refractivity (Wildman–Crippen MR) is 189 cm³/mol. The van der Waals surface area contributed by atoms with Gasteiger partial charge in [-0.15, -0.1) is 6.58 Å². The maximum atomic E-state index is 13.6. The minimum Gasteiger partial charge on any atom is -0.490 e. The zero-order valence-corrected chi connectivity index (χ0v) is 29.1. The number of hydrogen-bond acceptors (Lipinski definition) is 6. The Bertz CT molecular complexity index is 1600. The molecule has 3 aliphatic carbocycles. The monoisotopic (exact) mass is 680 g/mol. The van der Waals surface area contributed by atoms with Gasteiger partial charge in [0.05, 0.1) is 23.6 Å². The van der Waals surface area contributed by atoms with Crippen molar-refractivity contribution in [3.05, 3.63) is 82.9 Å². The Kier molecular flexibility index (Phi) is 10.4. The molecule has 1 spiro atoms. The van der Waals surface area contributed by atoms with Crippen molar-refractivity contribution in [2.45, 2.75) is 94.3 Å². The molecule has 9 heteroatoms. The summed E-state index contributed by atoms with van der Waals surface area (Å²) in [6, 6.07) is 11.5. The molecular weight excluding hydrogens is 632 g/mol. The second kappa shape index (κ2) is 14.4. The molecule has 1 amide bonds. The van der Waals surface area contributed by atoms with Gasteiger partial charge in [-0.1, -0.05) is 49.2 Å². The van der Waals surface area contributed by atoms with Gasteiger partial charge < -0.3 is 14.7 Å². The smallest absolute Gasteiger partial charge is 0.264 e. The van der Waals surface area contributed by atoms with Crippen LogP contribution in [-0.4, -0.2) is 50.5 Å². The number of benzene rings is 2. The maximum absolute atomic E-state index is 13.6. The van der Waals surface area contributed by atoms with Gasteiger partial charge in [-0.25, -0.2) is 13.1 Å². The van der Waals surface area contributed by atoms with Crippen LogP contribution in [0.15, 0.2) is 61.2 Å². The molecule has 254 valence electrons. The summed E-state index contributed by atoms with van der Waals surface area (Å²) in [5, 5.41) is 11.2. The number of aliphatic hydroxyl groups is 1. The first-order chi connectivity index (χ1) is 22.6. The van der Waals surface area contributed by atoms with Crippen LogP contribution in [0.1, 0.15) is 92.6 Å². The van der Waals surface area contributed by atoms with E-state index in [-0.39, 0.29) is 23.2 Å². The number of amides is 1. The Hall–Kier alpha value is -2.81. The molecule has 7 nitrogen and oxygen atoms in total. The van der Waals surface area contributed by atoms with E-state index >= 15 is 0 Å². The molecule has 0 radical (unpaired) electrons. The van der Waals surface area contributed by atoms with E-state index in [0.29, 0.717) is 43.9 Å². The fraction of sp³-hybridized carbons (Fsp3) is 0.553. The molecule has 47 heavy (non-hydrogen) atoms. The zero-order valence-electron chi connectivity index (χ0n) is 27.5. The molecule has 0 unspecified atom stereocenters. The van der Waals surface area contributed by atoms with Crippen LogP contribution in [0.25, 0.3) is 0 Å². The van der Waals surface area contributed by atoms with Crippen molar-refractivity contribution in [3.8, 4) is 5.75 Å². The van der Waals surface area contributed by atoms with Gasteiger partial charge in [0.15, 0.2) is 0 Å². The van der Waals surface area contributed by atoms with Gasteiger partial charge in [0, 0.05) is 29.1 Å².